The SMILES string of the molecule is Cc1cccc(CN2CCN([C@H](C(=O)N[C@@H](Cc3ccccc3)C[C@@H](O)[C@H](Cc3ccc(-c4cccc(C)n4)cc3)NC(=O)O)C(C)(C)C)C2=O)n1. The van der Waals surface area contributed by atoms with Crippen molar-refractivity contribution in [2.24, 2.45) is 5.41 Å². The number of carbonyl (C=O) groups excluding carboxylic acids is 2. The first-order chi connectivity index (χ1) is 24.8. The molecule has 4 N–H and O–H groups in total. The average molecular weight is 707 g/mol. The second kappa shape index (κ2) is 16.8. The zero-order valence-electron chi connectivity index (χ0n) is 30.6. The summed E-state index contributed by atoms with van der Waals surface area (Å²) < 4.78 is 0. The summed E-state index contributed by atoms with van der Waals surface area (Å²) in [6, 6.07) is 26.4. The fraction of sp³-hybridized carbons (Fsp3) is 0.390. The lowest BCUT2D eigenvalue weighted by Crippen LogP contribution is -2.57. The molecule has 0 spiro atoms. The van der Waals surface area contributed by atoms with Crippen LogP contribution in [0.15, 0.2) is 91.0 Å². The first-order valence-corrected chi connectivity index (χ1v) is 17.8. The number of urea groups is 1. The molecule has 0 unspecified atom stereocenters. The molecule has 1 aliphatic heterocycles. The summed E-state index contributed by atoms with van der Waals surface area (Å²) in [5.41, 5.74) is 5.51. The van der Waals surface area contributed by atoms with E-state index in [-0.39, 0.29) is 24.8 Å². The van der Waals surface area contributed by atoms with Crippen LogP contribution in [0.4, 0.5) is 9.59 Å². The van der Waals surface area contributed by atoms with Crippen LogP contribution in [-0.2, 0) is 24.2 Å². The highest BCUT2D eigenvalue weighted by molar-refractivity contribution is 5.89. The summed E-state index contributed by atoms with van der Waals surface area (Å²) in [7, 11) is 0. The minimum absolute atomic E-state index is 0.0762. The third-order valence-corrected chi connectivity index (χ3v) is 9.37. The number of carboxylic acid groups (broad SMARTS) is 1. The maximum atomic E-state index is 14.3. The van der Waals surface area contributed by atoms with Gasteiger partial charge in [0.05, 0.1) is 30.1 Å². The summed E-state index contributed by atoms with van der Waals surface area (Å²) in [4.78, 5) is 52.4. The van der Waals surface area contributed by atoms with Gasteiger partial charge in [0, 0.05) is 36.1 Å². The standard InChI is InChI=1S/C41H50N6O5/c1-27-11-9-15-32(42-27)26-46-21-22-47(40(46)52)37(41(3,4)5)38(49)44-33(23-29-13-7-6-8-14-29)25-36(48)35(45-39(50)51)24-30-17-19-31(20-18-30)34-16-10-12-28(2)43-34/h6-20,33,35-37,45,48H,21-26H2,1-5H3,(H,44,49)(H,50,51)/t33-,35-,36+,37+/m0/s1. The summed E-state index contributed by atoms with van der Waals surface area (Å²) in [5.74, 6) is -0.326. The molecule has 3 heterocycles. The summed E-state index contributed by atoms with van der Waals surface area (Å²) in [5, 5.41) is 27.0. The molecule has 1 fully saturated rings. The molecule has 1 saturated heterocycles. The van der Waals surface area contributed by atoms with Crippen LogP contribution in [0.1, 0.15) is 55.4 Å². The first-order valence-electron chi connectivity index (χ1n) is 17.8. The molecular weight excluding hydrogens is 656 g/mol. The van der Waals surface area contributed by atoms with Gasteiger partial charge in [-0.3, -0.25) is 14.8 Å². The Labute approximate surface area is 306 Å². The number of nitrogens with one attached hydrogen (secondary N) is 2. The lowest BCUT2D eigenvalue weighted by atomic mass is 9.84. The second-order valence-electron chi connectivity index (χ2n) is 14.8. The third-order valence-electron chi connectivity index (χ3n) is 9.37. The van der Waals surface area contributed by atoms with E-state index in [4.69, 9.17) is 0 Å². The Bertz CT molecular complexity index is 1830. The topological polar surface area (TPSA) is 148 Å². The molecule has 11 nitrogen and oxygen atoms in total. The maximum Gasteiger partial charge on any atom is 0.404 e. The van der Waals surface area contributed by atoms with Crippen molar-refractivity contribution in [3.05, 3.63) is 119 Å². The summed E-state index contributed by atoms with van der Waals surface area (Å²) in [6.07, 6.45) is -1.68. The fourth-order valence-electron chi connectivity index (χ4n) is 6.91. The Morgan fingerprint density at radius 2 is 1.46 bits per heavy atom. The van der Waals surface area contributed by atoms with E-state index in [0.29, 0.717) is 26.1 Å². The zero-order valence-corrected chi connectivity index (χ0v) is 30.6. The van der Waals surface area contributed by atoms with Crippen LogP contribution in [0.5, 0.6) is 0 Å². The highest BCUT2D eigenvalue weighted by Crippen LogP contribution is 2.29. The van der Waals surface area contributed by atoms with Crippen LogP contribution in [-0.4, -0.2) is 85.3 Å². The minimum Gasteiger partial charge on any atom is -0.465 e. The molecule has 4 atom stereocenters. The van der Waals surface area contributed by atoms with Gasteiger partial charge in [-0.1, -0.05) is 87.5 Å². The van der Waals surface area contributed by atoms with Crippen molar-refractivity contribution in [1.29, 1.82) is 0 Å². The molecule has 5 rings (SSSR count). The lowest BCUT2D eigenvalue weighted by Gasteiger charge is -2.38. The summed E-state index contributed by atoms with van der Waals surface area (Å²) in [6.45, 7) is 10.8. The zero-order chi connectivity index (χ0) is 37.4. The number of nitrogens with zero attached hydrogens (tertiary/aromatic N) is 4. The number of carbonyl (C=O) groups is 3. The molecule has 0 aliphatic carbocycles. The third kappa shape index (κ3) is 10.2. The van der Waals surface area contributed by atoms with Gasteiger partial charge in [0.1, 0.15) is 6.04 Å². The Hall–Kier alpha value is -5.29. The van der Waals surface area contributed by atoms with E-state index in [2.05, 4.69) is 20.6 Å². The number of amides is 4. The van der Waals surface area contributed by atoms with Crippen molar-refractivity contribution in [3.8, 4) is 11.3 Å². The normalized spacial score (nSPS) is 15.5. The highest BCUT2D eigenvalue weighted by Gasteiger charge is 2.44. The van der Waals surface area contributed by atoms with Crippen LogP contribution >= 0.6 is 0 Å². The van der Waals surface area contributed by atoms with Crippen LogP contribution in [0.3, 0.4) is 0 Å². The Morgan fingerprint density at radius 1 is 0.808 bits per heavy atom. The monoisotopic (exact) mass is 706 g/mol. The van der Waals surface area contributed by atoms with Gasteiger partial charge in [0.15, 0.2) is 0 Å². The fourth-order valence-corrected chi connectivity index (χ4v) is 6.91. The van der Waals surface area contributed by atoms with Gasteiger partial charge in [0.25, 0.3) is 0 Å². The predicted octanol–water partition coefficient (Wildman–Crippen LogP) is 5.77. The van der Waals surface area contributed by atoms with Crippen molar-refractivity contribution in [2.75, 3.05) is 13.1 Å². The number of aromatic nitrogens is 2. The molecule has 0 radical (unpaired) electrons. The van der Waals surface area contributed by atoms with Crippen molar-refractivity contribution >= 4 is 18.0 Å². The Morgan fingerprint density at radius 3 is 2.10 bits per heavy atom. The van der Waals surface area contributed by atoms with Crippen LogP contribution in [0, 0.1) is 19.3 Å². The average Bonchev–Trinajstić information content (AvgIpc) is 3.42. The van der Waals surface area contributed by atoms with Gasteiger partial charge in [0.2, 0.25) is 5.91 Å². The second-order valence-corrected chi connectivity index (χ2v) is 14.8. The van der Waals surface area contributed by atoms with Gasteiger partial charge in [-0.25, -0.2) is 9.59 Å². The van der Waals surface area contributed by atoms with Crippen LogP contribution in [0.25, 0.3) is 11.3 Å². The number of aryl methyl sites for hydroxylation is 2. The number of benzene rings is 2. The van der Waals surface area contributed by atoms with E-state index < -0.39 is 35.7 Å². The number of rotatable bonds is 14. The van der Waals surface area contributed by atoms with Crippen LogP contribution < -0.4 is 10.6 Å². The maximum absolute atomic E-state index is 14.3. The smallest absolute Gasteiger partial charge is 0.404 e. The molecule has 0 saturated carbocycles. The molecule has 2 aromatic heterocycles. The molecule has 1 aliphatic rings. The number of aliphatic hydroxyl groups excluding tert-OH is 1. The van der Waals surface area contributed by atoms with Crippen molar-refractivity contribution in [1.82, 2.24) is 30.4 Å². The molecule has 52 heavy (non-hydrogen) atoms. The highest BCUT2D eigenvalue weighted by atomic mass is 16.4. The summed E-state index contributed by atoms with van der Waals surface area (Å²) >= 11 is 0. The predicted molar refractivity (Wildman–Crippen MR) is 200 cm³/mol. The van der Waals surface area contributed by atoms with E-state index in [9.17, 15) is 24.6 Å². The number of pyridine rings is 2. The van der Waals surface area contributed by atoms with E-state index in [1.807, 2.05) is 126 Å². The Kier molecular flexibility index (Phi) is 12.3. The molecule has 0 bridgehead atoms. The van der Waals surface area contributed by atoms with E-state index in [1.54, 1.807) is 9.80 Å². The van der Waals surface area contributed by atoms with Crippen molar-refractivity contribution in [2.45, 2.75) is 84.7 Å². The van der Waals surface area contributed by atoms with E-state index in [1.165, 1.54) is 0 Å². The first kappa shape index (κ1) is 38.0. The number of hydrogen-bond acceptors (Lipinski definition) is 6. The lowest BCUT2D eigenvalue weighted by molar-refractivity contribution is -0.129. The van der Waals surface area contributed by atoms with Gasteiger partial charge in [-0.2, -0.15) is 0 Å². The molecular formula is C41H50N6O5. The molecule has 11 heteroatoms. The van der Waals surface area contributed by atoms with E-state index in [0.717, 1.165) is 39.5 Å². The minimum atomic E-state index is -1.25. The Balaban J connectivity index is 1.33. The van der Waals surface area contributed by atoms with Gasteiger partial charge in [-0.05, 0) is 73.9 Å². The number of aliphatic hydroxyl groups is 1. The van der Waals surface area contributed by atoms with Crippen LogP contribution in [0.2, 0.25) is 0 Å². The van der Waals surface area contributed by atoms with Crippen molar-refractivity contribution in [3.63, 3.8) is 0 Å². The molecule has 4 aromatic rings. The molecule has 2 aromatic carbocycles. The van der Waals surface area contributed by atoms with E-state index >= 15 is 0 Å². The quantitative estimate of drug-likeness (QED) is 0.130. The molecule has 4 amide bonds. The van der Waals surface area contributed by atoms with Crippen molar-refractivity contribution < 1.29 is 24.6 Å². The number of hydrogen-bond donors (Lipinski definition) is 4. The molecule has 274 valence electrons. The van der Waals surface area contributed by atoms with Gasteiger partial charge < -0.3 is 30.6 Å². The largest absolute Gasteiger partial charge is 0.465 e. The van der Waals surface area contributed by atoms with Gasteiger partial charge in [-0.15, -0.1) is 0 Å². The van der Waals surface area contributed by atoms with Gasteiger partial charge >= 0.3 is 12.1 Å².